The highest BCUT2D eigenvalue weighted by atomic mass is 19.2. The molecule has 1 aliphatic rings. The van der Waals surface area contributed by atoms with Crippen LogP contribution in [0.1, 0.15) is 54.4 Å². The van der Waals surface area contributed by atoms with E-state index in [0.29, 0.717) is 47.1 Å². The zero-order valence-electron chi connectivity index (χ0n) is 20.6. The normalized spacial score (nSPS) is 13.3. The monoisotopic (exact) mass is 486 g/mol. The molecule has 0 unspecified atom stereocenters. The average Bonchev–Trinajstić information content (AvgIpc) is 3.27. The van der Waals surface area contributed by atoms with Crippen molar-refractivity contribution in [3.05, 3.63) is 88.6 Å². The van der Waals surface area contributed by atoms with Gasteiger partial charge >= 0.3 is 0 Å². The van der Waals surface area contributed by atoms with Crippen LogP contribution in [0.2, 0.25) is 0 Å². The smallest absolute Gasteiger partial charge is 0.273 e. The maximum Gasteiger partial charge on any atom is 0.273 e. The number of aryl methyl sites for hydroxylation is 1. The van der Waals surface area contributed by atoms with Gasteiger partial charge in [0.2, 0.25) is 5.95 Å². The summed E-state index contributed by atoms with van der Waals surface area (Å²) in [6.07, 6.45) is 1.39. The first-order valence-corrected chi connectivity index (χ1v) is 12.0. The van der Waals surface area contributed by atoms with E-state index in [1.165, 1.54) is 12.1 Å². The molecule has 5 rings (SSSR count). The Hall–Kier alpha value is -3.87. The van der Waals surface area contributed by atoms with Crippen LogP contribution in [0.4, 0.5) is 14.7 Å². The predicted molar refractivity (Wildman–Crippen MR) is 137 cm³/mol. The van der Waals surface area contributed by atoms with E-state index in [4.69, 9.17) is 5.73 Å². The maximum atomic E-state index is 14.4. The number of anilines is 1. The molecule has 184 valence electrons. The van der Waals surface area contributed by atoms with E-state index < -0.39 is 11.6 Å². The van der Waals surface area contributed by atoms with Gasteiger partial charge in [-0.15, -0.1) is 0 Å². The van der Waals surface area contributed by atoms with Crippen LogP contribution in [-0.4, -0.2) is 20.8 Å². The van der Waals surface area contributed by atoms with Crippen LogP contribution in [0.15, 0.2) is 54.6 Å². The van der Waals surface area contributed by atoms with Crippen LogP contribution < -0.4 is 5.73 Å². The molecule has 1 amide bonds. The third-order valence-electron chi connectivity index (χ3n) is 6.65. The van der Waals surface area contributed by atoms with Gasteiger partial charge in [-0.1, -0.05) is 51.1 Å². The Balaban J connectivity index is 1.58. The molecule has 0 atom stereocenters. The molecule has 36 heavy (non-hydrogen) atoms. The number of rotatable bonds is 4. The second kappa shape index (κ2) is 8.97. The van der Waals surface area contributed by atoms with Crippen LogP contribution in [0.3, 0.4) is 0 Å². The van der Waals surface area contributed by atoms with Gasteiger partial charge in [-0.2, -0.15) is 0 Å². The van der Waals surface area contributed by atoms with E-state index in [0.717, 1.165) is 17.5 Å². The highest BCUT2D eigenvalue weighted by Gasteiger charge is 2.27. The van der Waals surface area contributed by atoms with E-state index in [9.17, 15) is 13.6 Å². The lowest BCUT2D eigenvalue weighted by atomic mass is 9.86. The van der Waals surface area contributed by atoms with Crippen LogP contribution in [0.25, 0.3) is 22.0 Å². The molecule has 7 heteroatoms. The third kappa shape index (κ3) is 4.65. The van der Waals surface area contributed by atoms with Crippen molar-refractivity contribution in [2.45, 2.75) is 46.7 Å². The first-order valence-electron chi connectivity index (χ1n) is 12.0. The minimum atomic E-state index is -0.913. The quantitative estimate of drug-likeness (QED) is 0.368. The minimum Gasteiger partial charge on any atom is -0.368 e. The van der Waals surface area contributed by atoms with Crippen molar-refractivity contribution in [3.8, 4) is 11.1 Å². The summed E-state index contributed by atoms with van der Waals surface area (Å²) in [7, 11) is 0. The summed E-state index contributed by atoms with van der Waals surface area (Å²) in [5.74, 6) is -2.02. The second-order valence-corrected chi connectivity index (χ2v) is 10.6. The molecule has 5 nitrogen and oxygen atoms in total. The van der Waals surface area contributed by atoms with Gasteiger partial charge in [0.05, 0.1) is 5.52 Å². The molecule has 1 aliphatic heterocycles. The molecule has 0 saturated carbocycles. The predicted octanol–water partition coefficient (Wildman–Crippen LogP) is 6.29. The zero-order chi connectivity index (χ0) is 25.6. The number of benzene rings is 3. The van der Waals surface area contributed by atoms with Crippen molar-refractivity contribution in [3.63, 3.8) is 0 Å². The Labute approximate surface area is 209 Å². The van der Waals surface area contributed by atoms with E-state index in [1.807, 2.05) is 24.3 Å². The summed E-state index contributed by atoms with van der Waals surface area (Å²) in [6, 6.07) is 15.7. The number of halogens is 2. The summed E-state index contributed by atoms with van der Waals surface area (Å²) < 4.78 is 28.5. The van der Waals surface area contributed by atoms with Gasteiger partial charge in [-0.25, -0.2) is 18.7 Å². The Kier molecular flexibility index (Phi) is 5.94. The highest BCUT2D eigenvalue weighted by molar-refractivity contribution is 6.06. The molecule has 2 heterocycles. The molecule has 0 bridgehead atoms. The lowest BCUT2D eigenvalue weighted by Gasteiger charge is -2.20. The van der Waals surface area contributed by atoms with E-state index >= 15 is 0 Å². The van der Waals surface area contributed by atoms with Crippen LogP contribution in [0, 0.1) is 17.0 Å². The number of amides is 1. The molecule has 4 aromatic rings. The molecule has 3 aromatic carbocycles. The second-order valence-electron chi connectivity index (χ2n) is 10.6. The number of hydrogen-bond acceptors (Lipinski definition) is 4. The van der Waals surface area contributed by atoms with Gasteiger partial charge in [0, 0.05) is 18.5 Å². The molecule has 1 aromatic heterocycles. The van der Waals surface area contributed by atoms with Crippen LogP contribution in [-0.2, 0) is 19.5 Å². The average molecular weight is 487 g/mol. The fourth-order valence-electron chi connectivity index (χ4n) is 4.68. The van der Waals surface area contributed by atoms with Crippen LogP contribution >= 0.6 is 0 Å². The standard InChI is InChI=1S/C29H28F2N4O/c1-29(2,3)11-10-18-13-23(30)24(31)14-21(18)17-8-9-25-22(12-17)26(34-28(32)33-25)27(36)35-15-19-6-4-5-7-20(19)16-35/h4-9,12-14H,10-11,15-16H2,1-3H3,(H2,32,33,34). The molecule has 0 radical (unpaired) electrons. The number of nitrogens with zero attached hydrogens (tertiary/aromatic N) is 3. The summed E-state index contributed by atoms with van der Waals surface area (Å²) in [4.78, 5) is 23.9. The van der Waals surface area contributed by atoms with Crippen molar-refractivity contribution in [1.82, 2.24) is 14.9 Å². The zero-order valence-corrected chi connectivity index (χ0v) is 20.6. The van der Waals surface area contributed by atoms with Crippen molar-refractivity contribution in [1.29, 1.82) is 0 Å². The van der Waals surface area contributed by atoms with Gasteiger partial charge in [-0.3, -0.25) is 4.79 Å². The minimum absolute atomic E-state index is 0.00834. The number of hydrogen-bond donors (Lipinski definition) is 1. The number of nitrogens with two attached hydrogens (primary N) is 1. The number of aromatic nitrogens is 2. The largest absolute Gasteiger partial charge is 0.368 e. The number of fused-ring (bicyclic) bond motifs is 2. The molecular weight excluding hydrogens is 458 g/mol. The van der Waals surface area contributed by atoms with Crippen molar-refractivity contribution in [2.24, 2.45) is 5.41 Å². The summed E-state index contributed by atoms with van der Waals surface area (Å²) >= 11 is 0. The highest BCUT2D eigenvalue weighted by Crippen LogP contribution is 2.33. The molecule has 0 spiro atoms. The van der Waals surface area contributed by atoms with Crippen LogP contribution in [0.5, 0.6) is 0 Å². The fraction of sp³-hybridized carbons (Fsp3) is 0.276. The lowest BCUT2D eigenvalue weighted by molar-refractivity contribution is 0.0747. The number of nitrogen functional groups attached to an aromatic ring is 1. The summed E-state index contributed by atoms with van der Waals surface area (Å²) in [5, 5.41) is 0.522. The van der Waals surface area contributed by atoms with E-state index in [2.05, 4.69) is 30.7 Å². The molecule has 0 saturated heterocycles. The van der Waals surface area contributed by atoms with Crippen molar-refractivity contribution in [2.75, 3.05) is 5.73 Å². The molecule has 2 N–H and O–H groups in total. The molecule has 0 fully saturated rings. The first-order chi connectivity index (χ1) is 17.1. The van der Waals surface area contributed by atoms with Crippen molar-refractivity contribution < 1.29 is 13.6 Å². The number of carbonyl (C=O) groups excluding carboxylic acids is 1. The van der Waals surface area contributed by atoms with Gasteiger partial charge in [0.1, 0.15) is 5.69 Å². The Morgan fingerprint density at radius 3 is 2.31 bits per heavy atom. The van der Waals surface area contributed by atoms with Gasteiger partial charge in [-0.05, 0) is 70.3 Å². The van der Waals surface area contributed by atoms with E-state index in [-0.39, 0.29) is 23.0 Å². The topological polar surface area (TPSA) is 72.1 Å². The summed E-state index contributed by atoms with van der Waals surface area (Å²) in [5.41, 5.74) is 10.9. The Bertz CT molecular complexity index is 1470. The third-order valence-corrected chi connectivity index (χ3v) is 6.65. The summed E-state index contributed by atoms with van der Waals surface area (Å²) in [6.45, 7) is 7.30. The van der Waals surface area contributed by atoms with Gasteiger partial charge < -0.3 is 10.6 Å². The molecular formula is C29H28F2N4O. The Morgan fingerprint density at radius 1 is 0.972 bits per heavy atom. The lowest BCUT2D eigenvalue weighted by Crippen LogP contribution is -2.27. The van der Waals surface area contributed by atoms with Gasteiger partial charge in [0.15, 0.2) is 11.6 Å². The van der Waals surface area contributed by atoms with Crippen molar-refractivity contribution >= 4 is 22.8 Å². The first kappa shape index (κ1) is 23.9. The van der Waals surface area contributed by atoms with E-state index in [1.54, 1.807) is 23.1 Å². The Morgan fingerprint density at radius 2 is 1.64 bits per heavy atom. The fourth-order valence-corrected chi connectivity index (χ4v) is 4.68. The number of carbonyl (C=O) groups is 1. The van der Waals surface area contributed by atoms with Gasteiger partial charge in [0.25, 0.3) is 5.91 Å². The maximum absolute atomic E-state index is 14.4. The molecule has 0 aliphatic carbocycles. The SMILES string of the molecule is CC(C)(C)CCc1cc(F)c(F)cc1-c1ccc2nc(N)nc(C(=O)N3Cc4ccccc4C3)c2c1.